The van der Waals surface area contributed by atoms with E-state index in [1.54, 1.807) is 18.6 Å². The van der Waals surface area contributed by atoms with E-state index in [9.17, 15) is 4.79 Å². The molecule has 0 aliphatic rings. The van der Waals surface area contributed by atoms with Crippen LogP contribution in [0.5, 0.6) is 0 Å². The number of hydrogen-bond donors (Lipinski definition) is 1. The van der Waals surface area contributed by atoms with Gasteiger partial charge in [0.15, 0.2) is 5.65 Å². The Morgan fingerprint density at radius 2 is 1.79 bits per heavy atom. The Bertz CT molecular complexity index is 1460. The standard InChI is InChI=1S/C28H25N5O/c1-3-21-11-7-8-19(2)26(21)32-28(34)23-16-25(22-9-5-4-6-10-22)31-27-24(23)17-30-33(27)18-20-12-14-29-15-13-20/h4-17H,3,18H2,1-2H3,(H,32,34). The van der Waals surface area contributed by atoms with Gasteiger partial charge >= 0.3 is 0 Å². The second-order valence-corrected chi connectivity index (χ2v) is 8.23. The van der Waals surface area contributed by atoms with Crippen LogP contribution in [-0.4, -0.2) is 25.7 Å². The highest BCUT2D eigenvalue weighted by Gasteiger charge is 2.19. The zero-order chi connectivity index (χ0) is 23.5. The summed E-state index contributed by atoms with van der Waals surface area (Å²) >= 11 is 0. The molecule has 0 saturated carbocycles. The van der Waals surface area contributed by atoms with Gasteiger partial charge in [0.1, 0.15) is 0 Å². The monoisotopic (exact) mass is 447 g/mol. The highest BCUT2D eigenvalue weighted by Crippen LogP contribution is 2.28. The quantitative estimate of drug-likeness (QED) is 0.364. The molecular formula is C28H25N5O. The first-order valence-electron chi connectivity index (χ1n) is 11.3. The maximum atomic E-state index is 13.6. The summed E-state index contributed by atoms with van der Waals surface area (Å²) in [4.78, 5) is 22.6. The van der Waals surface area contributed by atoms with Crippen LogP contribution in [0, 0.1) is 6.92 Å². The first-order valence-corrected chi connectivity index (χ1v) is 11.3. The fraction of sp³-hybridized carbons (Fsp3) is 0.143. The van der Waals surface area contributed by atoms with Crippen LogP contribution in [0.4, 0.5) is 5.69 Å². The maximum Gasteiger partial charge on any atom is 0.256 e. The van der Waals surface area contributed by atoms with Gasteiger partial charge in [-0.25, -0.2) is 9.67 Å². The van der Waals surface area contributed by atoms with E-state index < -0.39 is 0 Å². The number of aromatic nitrogens is 4. The van der Waals surface area contributed by atoms with Gasteiger partial charge in [-0.15, -0.1) is 0 Å². The van der Waals surface area contributed by atoms with E-state index in [1.807, 2.05) is 78.3 Å². The molecule has 0 fully saturated rings. The van der Waals surface area contributed by atoms with Crippen molar-refractivity contribution in [1.82, 2.24) is 19.7 Å². The number of anilines is 1. The molecule has 1 amide bonds. The number of nitrogens with one attached hydrogen (secondary N) is 1. The third-order valence-electron chi connectivity index (χ3n) is 5.98. The van der Waals surface area contributed by atoms with Gasteiger partial charge in [0.25, 0.3) is 5.91 Å². The molecule has 34 heavy (non-hydrogen) atoms. The molecule has 0 radical (unpaired) electrons. The van der Waals surface area contributed by atoms with Crippen LogP contribution >= 0.6 is 0 Å². The molecule has 0 aliphatic heterocycles. The second-order valence-electron chi connectivity index (χ2n) is 8.23. The molecule has 0 unspecified atom stereocenters. The summed E-state index contributed by atoms with van der Waals surface area (Å²) in [6, 6.07) is 21.7. The number of aryl methyl sites for hydroxylation is 2. The fourth-order valence-corrected chi connectivity index (χ4v) is 4.15. The zero-order valence-electron chi connectivity index (χ0n) is 19.2. The predicted molar refractivity (Wildman–Crippen MR) is 135 cm³/mol. The van der Waals surface area contributed by atoms with Crippen LogP contribution in [0.25, 0.3) is 22.3 Å². The van der Waals surface area contributed by atoms with Gasteiger partial charge < -0.3 is 5.32 Å². The largest absolute Gasteiger partial charge is 0.321 e. The number of benzene rings is 2. The van der Waals surface area contributed by atoms with Crippen LogP contribution < -0.4 is 5.32 Å². The van der Waals surface area contributed by atoms with Crippen molar-refractivity contribution in [3.8, 4) is 11.3 Å². The van der Waals surface area contributed by atoms with Crippen molar-refractivity contribution >= 4 is 22.6 Å². The van der Waals surface area contributed by atoms with Crippen molar-refractivity contribution in [1.29, 1.82) is 0 Å². The van der Waals surface area contributed by atoms with Crippen molar-refractivity contribution in [3.63, 3.8) is 0 Å². The van der Waals surface area contributed by atoms with Gasteiger partial charge in [0.05, 0.1) is 29.4 Å². The van der Waals surface area contributed by atoms with E-state index in [0.717, 1.165) is 45.4 Å². The molecule has 6 nitrogen and oxygen atoms in total. The number of para-hydroxylation sites is 1. The van der Waals surface area contributed by atoms with E-state index in [-0.39, 0.29) is 5.91 Å². The number of hydrogen-bond acceptors (Lipinski definition) is 4. The fourth-order valence-electron chi connectivity index (χ4n) is 4.15. The maximum absolute atomic E-state index is 13.6. The lowest BCUT2D eigenvalue weighted by Gasteiger charge is -2.14. The molecule has 5 aromatic rings. The first kappa shape index (κ1) is 21.5. The average Bonchev–Trinajstić information content (AvgIpc) is 3.28. The molecule has 1 N–H and O–H groups in total. The Kier molecular flexibility index (Phi) is 5.87. The number of carbonyl (C=O) groups is 1. The van der Waals surface area contributed by atoms with E-state index in [0.29, 0.717) is 17.8 Å². The molecule has 0 spiro atoms. The molecule has 3 heterocycles. The average molecular weight is 448 g/mol. The molecule has 0 atom stereocenters. The summed E-state index contributed by atoms with van der Waals surface area (Å²) in [5.74, 6) is -0.169. The van der Waals surface area contributed by atoms with Crippen molar-refractivity contribution < 1.29 is 4.79 Å². The summed E-state index contributed by atoms with van der Waals surface area (Å²) in [7, 11) is 0. The van der Waals surface area contributed by atoms with E-state index in [4.69, 9.17) is 4.98 Å². The molecule has 2 aromatic carbocycles. The number of pyridine rings is 2. The summed E-state index contributed by atoms with van der Waals surface area (Å²) in [5, 5.41) is 8.46. The topological polar surface area (TPSA) is 72.7 Å². The zero-order valence-corrected chi connectivity index (χ0v) is 19.2. The van der Waals surface area contributed by atoms with Gasteiger partial charge in [0.2, 0.25) is 0 Å². The number of rotatable bonds is 6. The molecule has 5 rings (SSSR count). The van der Waals surface area contributed by atoms with Crippen LogP contribution in [-0.2, 0) is 13.0 Å². The lowest BCUT2D eigenvalue weighted by molar-refractivity contribution is 0.102. The number of nitrogens with zero attached hydrogens (tertiary/aromatic N) is 4. The second kappa shape index (κ2) is 9.27. The Hall–Kier alpha value is -4.32. The minimum absolute atomic E-state index is 0.169. The Morgan fingerprint density at radius 1 is 1.00 bits per heavy atom. The lowest BCUT2D eigenvalue weighted by Crippen LogP contribution is -2.15. The molecule has 0 aliphatic carbocycles. The molecular weight excluding hydrogens is 422 g/mol. The van der Waals surface area contributed by atoms with Crippen LogP contribution in [0.1, 0.15) is 34.0 Å². The minimum atomic E-state index is -0.169. The van der Waals surface area contributed by atoms with Gasteiger partial charge in [-0.05, 0) is 48.2 Å². The number of carbonyl (C=O) groups excluding carboxylic acids is 1. The molecule has 168 valence electrons. The molecule has 0 bridgehead atoms. The van der Waals surface area contributed by atoms with E-state index in [2.05, 4.69) is 22.3 Å². The number of fused-ring (bicyclic) bond motifs is 1. The van der Waals surface area contributed by atoms with E-state index in [1.165, 1.54) is 0 Å². The normalized spacial score (nSPS) is 11.0. The van der Waals surface area contributed by atoms with Gasteiger partial charge in [-0.2, -0.15) is 5.10 Å². The van der Waals surface area contributed by atoms with Gasteiger partial charge in [0, 0.05) is 23.6 Å². The van der Waals surface area contributed by atoms with Crippen LogP contribution in [0.2, 0.25) is 0 Å². The van der Waals surface area contributed by atoms with Crippen LogP contribution in [0.15, 0.2) is 85.3 Å². The highest BCUT2D eigenvalue weighted by atomic mass is 16.1. The Morgan fingerprint density at radius 3 is 2.56 bits per heavy atom. The summed E-state index contributed by atoms with van der Waals surface area (Å²) in [5.41, 5.74) is 6.97. The smallest absolute Gasteiger partial charge is 0.256 e. The van der Waals surface area contributed by atoms with Crippen molar-refractivity contribution in [2.75, 3.05) is 5.32 Å². The third-order valence-corrected chi connectivity index (χ3v) is 5.98. The summed E-state index contributed by atoms with van der Waals surface area (Å²) < 4.78 is 1.83. The van der Waals surface area contributed by atoms with Crippen molar-refractivity contribution in [3.05, 3.63) is 108 Å². The third kappa shape index (κ3) is 4.18. The number of amides is 1. The Balaban J connectivity index is 1.62. The van der Waals surface area contributed by atoms with E-state index >= 15 is 0 Å². The van der Waals surface area contributed by atoms with Crippen LogP contribution in [0.3, 0.4) is 0 Å². The summed E-state index contributed by atoms with van der Waals surface area (Å²) in [6.07, 6.45) is 6.08. The molecule has 0 saturated heterocycles. The minimum Gasteiger partial charge on any atom is -0.321 e. The highest BCUT2D eigenvalue weighted by molar-refractivity contribution is 6.13. The van der Waals surface area contributed by atoms with Crippen molar-refractivity contribution in [2.45, 2.75) is 26.8 Å². The van der Waals surface area contributed by atoms with Crippen molar-refractivity contribution in [2.24, 2.45) is 0 Å². The SMILES string of the molecule is CCc1cccc(C)c1NC(=O)c1cc(-c2ccccc2)nc2c1cnn2Cc1ccncc1. The molecule has 6 heteroatoms. The lowest BCUT2D eigenvalue weighted by atomic mass is 10.0. The van der Waals surface area contributed by atoms with Gasteiger partial charge in [-0.1, -0.05) is 55.5 Å². The van der Waals surface area contributed by atoms with Gasteiger partial charge in [-0.3, -0.25) is 9.78 Å². The Labute approximate surface area is 198 Å². The first-order chi connectivity index (χ1) is 16.6. The molecule has 3 aromatic heterocycles. The summed E-state index contributed by atoms with van der Waals surface area (Å²) in [6.45, 7) is 4.64. The predicted octanol–water partition coefficient (Wildman–Crippen LogP) is 5.66.